The van der Waals surface area contributed by atoms with Crippen LogP contribution in [-0.2, 0) is 9.59 Å². The molecule has 6 heteroatoms. The Morgan fingerprint density at radius 1 is 1.27 bits per heavy atom. The monoisotopic (exact) mass is 306 g/mol. The van der Waals surface area contributed by atoms with Gasteiger partial charge in [0.15, 0.2) is 11.6 Å². The summed E-state index contributed by atoms with van der Waals surface area (Å²) in [7, 11) is 0. The Morgan fingerprint density at radius 2 is 1.91 bits per heavy atom. The Kier molecular flexibility index (Phi) is 3.32. The second-order valence-corrected chi connectivity index (χ2v) is 6.92. The highest BCUT2D eigenvalue weighted by molar-refractivity contribution is 6.19. The van der Waals surface area contributed by atoms with Gasteiger partial charge >= 0.3 is 0 Å². The van der Waals surface area contributed by atoms with Crippen molar-refractivity contribution in [1.82, 2.24) is 0 Å². The lowest BCUT2D eigenvalue weighted by Crippen LogP contribution is -2.63. The van der Waals surface area contributed by atoms with Gasteiger partial charge < -0.3 is 21.7 Å². The molecule has 6 atom stereocenters. The van der Waals surface area contributed by atoms with Crippen LogP contribution in [0.1, 0.15) is 26.7 Å². The lowest BCUT2D eigenvalue weighted by molar-refractivity contribution is -0.149. The quantitative estimate of drug-likeness (QED) is 0.473. The molecule has 0 saturated heterocycles. The molecule has 6 nitrogen and oxygen atoms in total. The van der Waals surface area contributed by atoms with Gasteiger partial charge in [-0.25, -0.2) is 0 Å². The van der Waals surface area contributed by atoms with Crippen molar-refractivity contribution in [3.63, 3.8) is 0 Å². The maximum atomic E-state index is 13.1. The van der Waals surface area contributed by atoms with E-state index in [-0.39, 0.29) is 34.3 Å². The summed E-state index contributed by atoms with van der Waals surface area (Å²) < 4.78 is 0. The molecule has 0 aliphatic heterocycles. The van der Waals surface area contributed by atoms with Gasteiger partial charge in [0.25, 0.3) is 0 Å². The molecule has 0 aromatic heterocycles. The smallest absolute Gasteiger partial charge is 0.172 e. The van der Waals surface area contributed by atoms with E-state index in [1.54, 1.807) is 19.9 Å². The molecule has 3 rings (SSSR count). The minimum atomic E-state index is -1.19. The molecule has 0 heterocycles. The summed E-state index contributed by atoms with van der Waals surface area (Å²) in [4.78, 5) is 26.0. The van der Waals surface area contributed by atoms with Crippen molar-refractivity contribution in [3.8, 4) is 0 Å². The number of ketones is 2. The maximum Gasteiger partial charge on any atom is 0.172 e. The van der Waals surface area contributed by atoms with Gasteiger partial charge in [-0.05, 0) is 19.8 Å². The predicted octanol–water partition coefficient (Wildman–Crippen LogP) is -0.607. The Hall–Kier alpha value is -1.50. The third-order valence-corrected chi connectivity index (χ3v) is 5.63. The SMILES string of the molecule is CC1C=C(N)C2=C(C(=O)C3(C)C(N)CCC(O)C3C2=O)C1O. The number of carbonyl (C=O) groups excluding carboxylic acids is 2. The van der Waals surface area contributed by atoms with Crippen molar-refractivity contribution in [2.24, 2.45) is 28.7 Å². The number of hydrogen-bond acceptors (Lipinski definition) is 6. The first-order valence-corrected chi connectivity index (χ1v) is 7.63. The van der Waals surface area contributed by atoms with Gasteiger partial charge in [-0.15, -0.1) is 0 Å². The maximum absolute atomic E-state index is 13.1. The fraction of sp³-hybridized carbons (Fsp3) is 0.625. The number of nitrogens with two attached hydrogens (primary N) is 2. The van der Waals surface area contributed by atoms with E-state index in [1.807, 2.05) is 0 Å². The highest BCUT2D eigenvalue weighted by Crippen LogP contribution is 2.50. The van der Waals surface area contributed by atoms with E-state index in [9.17, 15) is 19.8 Å². The van der Waals surface area contributed by atoms with Gasteiger partial charge in [0, 0.05) is 28.8 Å². The molecule has 1 saturated carbocycles. The first-order valence-electron chi connectivity index (χ1n) is 7.63. The van der Waals surface area contributed by atoms with E-state index in [4.69, 9.17) is 11.5 Å². The van der Waals surface area contributed by atoms with Gasteiger partial charge in [-0.1, -0.05) is 13.0 Å². The van der Waals surface area contributed by atoms with Crippen LogP contribution in [0.5, 0.6) is 0 Å². The van der Waals surface area contributed by atoms with Crippen molar-refractivity contribution in [2.45, 2.75) is 44.9 Å². The molecule has 0 bridgehead atoms. The number of hydrogen-bond donors (Lipinski definition) is 4. The summed E-state index contributed by atoms with van der Waals surface area (Å²) in [6.45, 7) is 3.36. The van der Waals surface area contributed by atoms with Crippen molar-refractivity contribution >= 4 is 11.6 Å². The molecule has 0 aromatic rings. The van der Waals surface area contributed by atoms with Crippen molar-refractivity contribution < 1.29 is 19.8 Å². The van der Waals surface area contributed by atoms with Crippen LogP contribution >= 0.6 is 0 Å². The van der Waals surface area contributed by atoms with Gasteiger partial charge in [-0.3, -0.25) is 9.59 Å². The number of aliphatic hydroxyl groups is 2. The van der Waals surface area contributed by atoms with E-state index in [0.717, 1.165) is 0 Å². The summed E-state index contributed by atoms with van der Waals surface area (Å²) >= 11 is 0. The topological polar surface area (TPSA) is 127 Å². The largest absolute Gasteiger partial charge is 0.398 e. The van der Waals surface area contributed by atoms with Crippen LogP contribution in [0.2, 0.25) is 0 Å². The Bertz CT molecular complexity index is 624. The molecule has 1 fully saturated rings. The molecule has 3 aliphatic rings. The third-order valence-electron chi connectivity index (χ3n) is 5.63. The van der Waals surface area contributed by atoms with Crippen LogP contribution < -0.4 is 11.5 Å². The van der Waals surface area contributed by atoms with Crippen LogP contribution in [0.25, 0.3) is 0 Å². The number of aliphatic hydroxyl groups excluding tert-OH is 2. The molecule has 0 spiro atoms. The Morgan fingerprint density at radius 3 is 2.55 bits per heavy atom. The number of rotatable bonds is 0. The second-order valence-electron chi connectivity index (χ2n) is 6.92. The summed E-state index contributed by atoms with van der Waals surface area (Å²) in [5.74, 6) is -1.97. The molecule has 3 aliphatic carbocycles. The highest BCUT2D eigenvalue weighted by Gasteiger charge is 2.60. The van der Waals surface area contributed by atoms with E-state index < -0.39 is 29.6 Å². The first kappa shape index (κ1) is 15.4. The molecule has 0 amide bonds. The molecular formula is C16H22N2O4. The van der Waals surface area contributed by atoms with E-state index >= 15 is 0 Å². The average Bonchev–Trinajstić information content (AvgIpc) is 2.44. The second kappa shape index (κ2) is 4.75. The summed E-state index contributed by atoms with van der Waals surface area (Å²) in [5.41, 5.74) is 11.3. The average molecular weight is 306 g/mol. The summed E-state index contributed by atoms with van der Waals surface area (Å²) in [6.07, 6.45) is 0.451. The Labute approximate surface area is 128 Å². The minimum Gasteiger partial charge on any atom is -0.398 e. The fourth-order valence-corrected chi connectivity index (χ4v) is 4.20. The van der Waals surface area contributed by atoms with Crippen LogP contribution in [0.15, 0.2) is 22.9 Å². The van der Waals surface area contributed by atoms with Crippen LogP contribution in [0.4, 0.5) is 0 Å². The minimum absolute atomic E-state index is 0.0702. The lowest BCUT2D eigenvalue weighted by Gasteiger charge is -2.50. The lowest BCUT2D eigenvalue weighted by atomic mass is 9.53. The zero-order valence-corrected chi connectivity index (χ0v) is 12.7. The molecule has 0 radical (unpaired) electrons. The standard InChI is InChI=1S/C16H22N2O4/c1-6-5-7(17)10-11(13(6)20)15(22)16(2)9(18)4-3-8(19)12(16)14(10)21/h5-6,8-9,12-13,19-20H,3-4,17-18H2,1-2H3. The van der Waals surface area contributed by atoms with Crippen LogP contribution in [-0.4, -0.2) is 40.0 Å². The molecule has 120 valence electrons. The molecule has 6 unspecified atom stereocenters. The number of allylic oxidation sites excluding steroid dienone is 1. The van der Waals surface area contributed by atoms with E-state index in [0.29, 0.717) is 12.8 Å². The third kappa shape index (κ3) is 1.71. The predicted molar refractivity (Wildman–Crippen MR) is 79.3 cm³/mol. The van der Waals surface area contributed by atoms with Crippen molar-refractivity contribution in [1.29, 1.82) is 0 Å². The normalized spacial score (nSPS) is 45.3. The van der Waals surface area contributed by atoms with E-state index in [2.05, 4.69) is 0 Å². The summed E-state index contributed by atoms with van der Waals surface area (Å²) in [6, 6.07) is -0.527. The zero-order chi connectivity index (χ0) is 16.4. The van der Waals surface area contributed by atoms with Crippen LogP contribution in [0, 0.1) is 17.3 Å². The fourth-order valence-electron chi connectivity index (χ4n) is 4.20. The zero-order valence-electron chi connectivity index (χ0n) is 12.7. The molecular weight excluding hydrogens is 284 g/mol. The van der Waals surface area contributed by atoms with Gasteiger partial charge in [0.1, 0.15) is 0 Å². The molecule has 6 N–H and O–H groups in total. The van der Waals surface area contributed by atoms with Gasteiger partial charge in [0.05, 0.1) is 23.5 Å². The number of carbonyl (C=O) groups is 2. The first-order chi connectivity index (χ1) is 10.2. The number of fused-ring (bicyclic) bond motifs is 1. The van der Waals surface area contributed by atoms with Crippen molar-refractivity contribution in [3.05, 3.63) is 22.9 Å². The Balaban J connectivity index is 2.24. The number of Topliss-reactive ketones (excluding diaryl/α,β-unsaturated/α-hetero) is 2. The molecule has 22 heavy (non-hydrogen) atoms. The van der Waals surface area contributed by atoms with Gasteiger partial charge in [0.2, 0.25) is 0 Å². The summed E-state index contributed by atoms with van der Waals surface area (Å²) in [5, 5.41) is 20.7. The van der Waals surface area contributed by atoms with E-state index in [1.165, 1.54) is 0 Å². The molecule has 0 aromatic carbocycles. The highest BCUT2D eigenvalue weighted by atomic mass is 16.3. The van der Waals surface area contributed by atoms with Gasteiger partial charge in [-0.2, -0.15) is 0 Å². The van der Waals surface area contributed by atoms with Crippen molar-refractivity contribution in [2.75, 3.05) is 0 Å². The van der Waals surface area contributed by atoms with Crippen LogP contribution in [0.3, 0.4) is 0 Å².